The van der Waals surface area contributed by atoms with Crippen molar-refractivity contribution in [3.8, 4) is 0 Å². The summed E-state index contributed by atoms with van der Waals surface area (Å²) >= 11 is 1.67. The first kappa shape index (κ1) is 12.7. The summed E-state index contributed by atoms with van der Waals surface area (Å²) in [6, 6.07) is 10.0. The molecular formula is C18H15NOS. The lowest BCUT2D eigenvalue weighted by Gasteiger charge is -2.08. The van der Waals surface area contributed by atoms with Crippen LogP contribution in [-0.2, 0) is 12.8 Å². The quantitative estimate of drug-likeness (QED) is 0.655. The molecule has 0 fully saturated rings. The van der Waals surface area contributed by atoms with E-state index in [0.29, 0.717) is 5.56 Å². The van der Waals surface area contributed by atoms with E-state index >= 15 is 0 Å². The normalized spacial score (nSPS) is 14.1. The molecule has 0 aliphatic heterocycles. The molecule has 0 saturated heterocycles. The Morgan fingerprint density at radius 3 is 2.86 bits per heavy atom. The van der Waals surface area contributed by atoms with Crippen LogP contribution in [-0.4, -0.2) is 10.8 Å². The smallest absolute Gasteiger partial charge is 0.205 e. The predicted molar refractivity (Wildman–Crippen MR) is 86.1 cm³/mol. The average Bonchev–Trinajstić information content (AvgIpc) is 2.97. The molecule has 0 saturated carbocycles. The van der Waals surface area contributed by atoms with Gasteiger partial charge < -0.3 is 0 Å². The third kappa shape index (κ3) is 2.18. The molecule has 1 aliphatic rings. The van der Waals surface area contributed by atoms with Crippen LogP contribution in [0.4, 0.5) is 0 Å². The molecule has 4 rings (SSSR count). The molecule has 104 valence electrons. The zero-order chi connectivity index (χ0) is 14.2. The highest BCUT2D eigenvalue weighted by Gasteiger charge is 2.19. The van der Waals surface area contributed by atoms with E-state index in [1.54, 1.807) is 17.5 Å². The SMILES string of the molecule is O=C(c1cc2c(s1)CCCC2)c1cncc2ccccc12. The van der Waals surface area contributed by atoms with Gasteiger partial charge in [0.25, 0.3) is 0 Å². The Kier molecular flexibility index (Phi) is 3.08. The van der Waals surface area contributed by atoms with Gasteiger partial charge in [0, 0.05) is 28.2 Å². The second-order valence-corrected chi connectivity index (χ2v) is 6.64. The van der Waals surface area contributed by atoms with Crippen molar-refractivity contribution < 1.29 is 4.79 Å². The fourth-order valence-corrected chi connectivity index (χ4v) is 4.24. The van der Waals surface area contributed by atoms with Crippen LogP contribution in [0.3, 0.4) is 0 Å². The van der Waals surface area contributed by atoms with E-state index in [2.05, 4.69) is 11.1 Å². The molecule has 0 spiro atoms. The molecule has 2 nitrogen and oxygen atoms in total. The fourth-order valence-electron chi connectivity index (χ4n) is 3.03. The number of pyridine rings is 1. The van der Waals surface area contributed by atoms with Gasteiger partial charge in [-0.05, 0) is 42.7 Å². The monoisotopic (exact) mass is 293 g/mol. The van der Waals surface area contributed by atoms with Crippen LogP contribution < -0.4 is 0 Å². The second kappa shape index (κ2) is 5.08. The third-order valence-corrected chi connectivity index (χ3v) is 5.37. The summed E-state index contributed by atoms with van der Waals surface area (Å²) in [6.07, 6.45) is 8.24. The van der Waals surface area contributed by atoms with Crippen molar-refractivity contribution >= 4 is 27.9 Å². The van der Waals surface area contributed by atoms with Crippen molar-refractivity contribution in [1.82, 2.24) is 4.98 Å². The van der Waals surface area contributed by atoms with Crippen molar-refractivity contribution in [2.24, 2.45) is 0 Å². The number of hydrogen-bond acceptors (Lipinski definition) is 3. The number of nitrogens with zero attached hydrogens (tertiary/aromatic N) is 1. The lowest BCUT2D eigenvalue weighted by molar-refractivity contribution is 0.104. The van der Waals surface area contributed by atoms with Crippen molar-refractivity contribution in [2.75, 3.05) is 0 Å². The van der Waals surface area contributed by atoms with E-state index in [9.17, 15) is 4.79 Å². The number of hydrogen-bond donors (Lipinski definition) is 0. The molecule has 0 atom stereocenters. The molecule has 0 amide bonds. The summed E-state index contributed by atoms with van der Waals surface area (Å²) < 4.78 is 0. The van der Waals surface area contributed by atoms with Gasteiger partial charge in [-0.1, -0.05) is 24.3 Å². The molecule has 0 radical (unpaired) electrons. The number of aromatic nitrogens is 1. The van der Waals surface area contributed by atoms with Crippen LogP contribution >= 0.6 is 11.3 Å². The van der Waals surface area contributed by atoms with Gasteiger partial charge in [0.2, 0.25) is 5.78 Å². The van der Waals surface area contributed by atoms with Crippen LogP contribution in [0, 0.1) is 0 Å². The third-order valence-electron chi connectivity index (χ3n) is 4.13. The highest BCUT2D eigenvalue weighted by Crippen LogP contribution is 2.31. The number of aryl methyl sites for hydroxylation is 2. The summed E-state index contributed by atoms with van der Waals surface area (Å²) in [6.45, 7) is 0. The summed E-state index contributed by atoms with van der Waals surface area (Å²) in [7, 11) is 0. The zero-order valence-electron chi connectivity index (χ0n) is 11.6. The van der Waals surface area contributed by atoms with E-state index in [1.165, 1.54) is 23.3 Å². The van der Waals surface area contributed by atoms with Crippen LogP contribution in [0.25, 0.3) is 10.8 Å². The largest absolute Gasteiger partial charge is 0.288 e. The minimum absolute atomic E-state index is 0.110. The van der Waals surface area contributed by atoms with Crippen LogP contribution in [0.15, 0.2) is 42.7 Å². The van der Waals surface area contributed by atoms with Gasteiger partial charge >= 0.3 is 0 Å². The number of carbonyl (C=O) groups excluding carboxylic acids is 1. The predicted octanol–water partition coefficient (Wildman–Crippen LogP) is 4.41. The summed E-state index contributed by atoms with van der Waals surface area (Å²) in [5.74, 6) is 0.110. The standard InChI is InChI=1S/C18H15NOS/c20-18(17-9-12-5-2-4-8-16(12)21-17)15-11-19-10-13-6-1-3-7-14(13)15/h1,3,6-7,9-11H,2,4-5,8H2. The molecule has 0 bridgehead atoms. The van der Waals surface area contributed by atoms with Gasteiger partial charge in [0.1, 0.15) is 0 Å². The zero-order valence-corrected chi connectivity index (χ0v) is 12.5. The number of ketones is 1. The van der Waals surface area contributed by atoms with Crippen molar-refractivity contribution in [3.63, 3.8) is 0 Å². The second-order valence-electron chi connectivity index (χ2n) is 5.50. The fraction of sp³-hybridized carbons (Fsp3) is 0.222. The summed E-state index contributed by atoms with van der Waals surface area (Å²) in [4.78, 5) is 19.3. The maximum atomic E-state index is 12.8. The molecule has 1 aliphatic carbocycles. The Labute approximate surface area is 127 Å². The average molecular weight is 293 g/mol. The molecule has 3 heteroatoms. The van der Waals surface area contributed by atoms with E-state index in [1.807, 2.05) is 30.5 Å². The van der Waals surface area contributed by atoms with Crippen molar-refractivity contribution in [1.29, 1.82) is 0 Å². The molecule has 1 aromatic carbocycles. The van der Waals surface area contributed by atoms with Gasteiger partial charge in [0.15, 0.2) is 0 Å². The Hall–Kier alpha value is -2.00. The first-order valence-electron chi connectivity index (χ1n) is 7.32. The Balaban J connectivity index is 1.81. The number of rotatable bonds is 2. The van der Waals surface area contributed by atoms with Crippen LogP contribution in [0.2, 0.25) is 0 Å². The first-order valence-corrected chi connectivity index (χ1v) is 8.13. The maximum Gasteiger partial charge on any atom is 0.205 e. The van der Waals surface area contributed by atoms with E-state index in [-0.39, 0.29) is 5.78 Å². The molecule has 0 N–H and O–H groups in total. The van der Waals surface area contributed by atoms with E-state index < -0.39 is 0 Å². The van der Waals surface area contributed by atoms with E-state index in [4.69, 9.17) is 0 Å². The Bertz CT molecular complexity index is 805. The van der Waals surface area contributed by atoms with Gasteiger partial charge in [-0.15, -0.1) is 11.3 Å². The highest BCUT2D eigenvalue weighted by molar-refractivity contribution is 7.14. The van der Waals surface area contributed by atoms with Gasteiger partial charge in [-0.2, -0.15) is 0 Å². The molecule has 3 aromatic rings. The number of carbonyl (C=O) groups is 1. The maximum absolute atomic E-state index is 12.8. The Morgan fingerprint density at radius 2 is 1.95 bits per heavy atom. The summed E-state index contributed by atoms with van der Waals surface area (Å²) in [5.41, 5.74) is 2.09. The minimum atomic E-state index is 0.110. The Morgan fingerprint density at radius 1 is 1.10 bits per heavy atom. The minimum Gasteiger partial charge on any atom is -0.288 e. The van der Waals surface area contributed by atoms with E-state index in [0.717, 1.165) is 28.5 Å². The lowest BCUT2D eigenvalue weighted by Crippen LogP contribution is -2.00. The van der Waals surface area contributed by atoms with Crippen LogP contribution in [0.1, 0.15) is 38.5 Å². The van der Waals surface area contributed by atoms with Crippen LogP contribution in [0.5, 0.6) is 0 Å². The molecule has 21 heavy (non-hydrogen) atoms. The number of benzene rings is 1. The molecule has 2 heterocycles. The van der Waals surface area contributed by atoms with Gasteiger partial charge in [-0.25, -0.2) is 0 Å². The number of fused-ring (bicyclic) bond motifs is 2. The van der Waals surface area contributed by atoms with Gasteiger partial charge in [-0.3, -0.25) is 9.78 Å². The molecule has 2 aromatic heterocycles. The summed E-state index contributed by atoms with van der Waals surface area (Å²) in [5, 5.41) is 2.01. The topological polar surface area (TPSA) is 30.0 Å². The number of thiophene rings is 1. The van der Waals surface area contributed by atoms with Crippen molar-refractivity contribution in [2.45, 2.75) is 25.7 Å². The molecular weight excluding hydrogens is 278 g/mol. The highest BCUT2D eigenvalue weighted by atomic mass is 32.1. The van der Waals surface area contributed by atoms with Gasteiger partial charge in [0.05, 0.1) is 4.88 Å². The lowest BCUT2D eigenvalue weighted by atomic mass is 9.98. The van der Waals surface area contributed by atoms with Crippen molar-refractivity contribution in [3.05, 3.63) is 63.6 Å². The molecule has 0 unspecified atom stereocenters. The first-order chi connectivity index (χ1) is 10.3.